The Kier molecular flexibility index (Phi) is 14.4. The molecule has 0 aromatic heterocycles. The zero-order chi connectivity index (χ0) is 40.7. The average Bonchev–Trinajstić information content (AvgIpc) is 3.43. The van der Waals surface area contributed by atoms with E-state index in [1.807, 2.05) is 13.8 Å². The Morgan fingerprint density at radius 1 is 0.741 bits per heavy atom. The van der Waals surface area contributed by atoms with Gasteiger partial charge < -0.3 is 25.2 Å². The lowest BCUT2D eigenvalue weighted by Crippen LogP contribution is -2.50. The Morgan fingerprint density at radius 3 is 1.63 bits per heavy atom. The number of ketones is 1. The quantitative estimate of drug-likeness (QED) is 0.156. The number of carbonyl (C=O) groups is 3. The first kappa shape index (κ1) is 45.2. The summed E-state index contributed by atoms with van der Waals surface area (Å²) < 4.78 is 29.1. The molecular formula is C36H41Cl7N2O8S. The second-order valence-corrected chi connectivity index (χ2v) is 19.8. The maximum atomic E-state index is 13.4. The summed E-state index contributed by atoms with van der Waals surface area (Å²) in [5, 5.41) is 18.4. The van der Waals surface area contributed by atoms with Gasteiger partial charge in [0.05, 0.1) is 43.4 Å². The number of rotatable bonds is 4. The molecule has 4 aliphatic rings. The van der Waals surface area contributed by atoms with Crippen LogP contribution >= 0.6 is 79.4 Å². The highest BCUT2D eigenvalue weighted by atomic mass is 36.0. The van der Waals surface area contributed by atoms with E-state index in [0.717, 1.165) is 18.4 Å². The van der Waals surface area contributed by atoms with Gasteiger partial charge in [-0.05, 0) is 125 Å². The Hall–Kier alpha value is -1.51. The molecule has 18 heteroatoms. The Balaban J connectivity index is 0.000000214. The molecular weight excluding hydrogens is 869 g/mol. The van der Waals surface area contributed by atoms with E-state index in [1.54, 1.807) is 40.2 Å². The number of carbonyl (C=O) groups excluding carboxylic acids is 3. The van der Waals surface area contributed by atoms with E-state index >= 15 is 0 Å². The summed E-state index contributed by atoms with van der Waals surface area (Å²) in [4.78, 5) is 37.1. The van der Waals surface area contributed by atoms with Crippen molar-refractivity contribution in [3.8, 4) is 0 Å². The summed E-state index contributed by atoms with van der Waals surface area (Å²) >= 11 is 31.5. The number of hydrogen-bond acceptors (Lipinski definition) is 8. The number of alkyl halides is 1. The maximum absolute atomic E-state index is 13.4. The van der Waals surface area contributed by atoms with Gasteiger partial charge in [-0.2, -0.15) is 8.42 Å². The van der Waals surface area contributed by atoms with Crippen LogP contribution in [0.15, 0.2) is 17.9 Å². The summed E-state index contributed by atoms with van der Waals surface area (Å²) in [6, 6.07) is 3.37. The van der Waals surface area contributed by atoms with Crippen molar-refractivity contribution in [2.75, 3.05) is 14.2 Å². The molecule has 10 nitrogen and oxygen atoms in total. The van der Waals surface area contributed by atoms with Gasteiger partial charge in [0.1, 0.15) is 11.3 Å². The van der Waals surface area contributed by atoms with Gasteiger partial charge in [0.2, 0.25) is 4.87 Å². The smallest absolute Gasteiger partial charge is 0.317 e. The van der Waals surface area contributed by atoms with Crippen molar-refractivity contribution in [2.24, 2.45) is 0 Å². The van der Waals surface area contributed by atoms with Crippen molar-refractivity contribution in [3.05, 3.63) is 71.4 Å². The second kappa shape index (κ2) is 17.1. The summed E-state index contributed by atoms with van der Waals surface area (Å²) in [6.45, 7) is 7.19. The highest BCUT2D eigenvalue weighted by Gasteiger charge is 2.64. The summed E-state index contributed by atoms with van der Waals surface area (Å²) in [5.41, 5.74) is 2.58. The minimum Gasteiger partial charge on any atom is -0.509 e. The van der Waals surface area contributed by atoms with E-state index in [9.17, 15) is 19.5 Å². The number of amides is 2. The zero-order valence-electron chi connectivity index (χ0n) is 30.3. The van der Waals surface area contributed by atoms with Gasteiger partial charge in [0.25, 0.3) is 11.8 Å². The molecule has 2 aromatic carbocycles. The first-order valence-corrected chi connectivity index (χ1v) is 21.9. The van der Waals surface area contributed by atoms with Crippen LogP contribution in [-0.2, 0) is 37.0 Å². The van der Waals surface area contributed by atoms with E-state index < -0.39 is 30.1 Å². The van der Waals surface area contributed by atoms with Crippen LogP contribution in [0.5, 0.6) is 0 Å². The van der Waals surface area contributed by atoms with Crippen molar-refractivity contribution in [3.63, 3.8) is 0 Å². The second-order valence-electron chi connectivity index (χ2n) is 14.0. The third-order valence-electron chi connectivity index (χ3n) is 10.8. The third-order valence-corrected chi connectivity index (χ3v) is 13.1. The van der Waals surface area contributed by atoms with Gasteiger partial charge in [-0.25, -0.2) is 0 Å². The molecule has 2 amide bonds. The monoisotopic (exact) mass is 906 g/mol. The number of aliphatic hydroxyl groups excluding tert-OH is 1. The van der Waals surface area contributed by atoms with Gasteiger partial charge in [0, 0.05) is 35.6 Å². The molecule has 1 unspecified atom stereocenters. The number of aryl methyl sites for hydroxylation is 2. The summed E-state index contributed by atoms with van der Waals surface area (Å²) in [6.07, 6.45) is 5.64. The van der Waals surface area contributed by atoms with Crippen molar-refractivity contribution in [1.82, 2.24) is 10.6 Å². The highest BCUT2D eigenvalue weighted by molar-refractivity contribution is 8.31. The molecule has 2 spiro atoms. The third kappa shape index (κ3) is 8.81. The number of nitrogens with one attached hydrogen (secondary N) is 2. The molecule has 2 aliphatic heterocycles. The van der Waals surface area contributed by atoms with Crippen molar-refractivity contribution >= 4 is 111 Å². The standard InChI is InChI=1S/C18H20Cl3NO3.C18H21Cl2NO3.Cl2O2S/c1-9-8-12(19)14(20)10(2)13(9)18(21)15(23)17(22-16(18)24)6-4-11(25-3)5-7-17;1-9-8-12(19)15(20)10(2)13(9)14-16(22)18(21-17(14)23)6-4-11(24-3)5-7-18;1-5(2,3)4/h8,11H,4-7H2,1-3H3,(H,22,24);8,11,22H,4-7H2,1-3H3,(H,21,23);. The van der Waals surface area contributed by atoms with Crippen LogP contribution in [0, 0.1) is 27.7 Å². The van der Waals surface area contributed by atoms with Gasteiger partial charge in [-0.1, -0.05) is 58.0 Å². The number of benzene rings is 2. The number of aliphatic hydroxyl groups is 1. The summed E-state index contributed by atoms with van der Waals surface area (Å²) in [5.74, 6) is -0.926. The molecule has 3 fully saturated rings. The number of halogens is 7. The van der Waals surface area contributed by atoms with E-state index in [2.05, 4.69) is 32.0 Å². The van der Waals surface area contributed by atoms with Crippen molar-refractivity contribution in [1.29, 1.82) is 0 Å². The molecule has 298 valence electrons. The zero-order valence-corrected chi connectivity index (χ0v) is 36.4. The molecule has 2 aliphatic carbocycles. The normalized spacial score (nSPS) is 28.1. The molecule has 2 saturated carbocycles. The minimum absolute atomic E-state index is 0.106. The van der Waals surface area contributed by atoms with Gasteiger partial charge >= 0.3 is 8.26 Å². The Morgan fingerprint density at radius 2 is 1.17 bits per heavy atom. The molecule has 0 radical (unpaired) electrons. The van der Waals surface area contributed by atoms with Crippen LogP contribution in [0.1, 0.15) is 84.7 Å². The van der Waals surface area contributed by atoms with Crippen LogP contribution in [0.3, 0.4) is 0 Å². The lowest BCUT2D eigenvalue weighted by Gasteiger charge is -2.36. The predicted octanol–water partition coefficient (Wildman–Crippen LogP) is 9.12. The molecule has 1 saturated heterocycles. The topological polar surface area (TPSA) is 148 Å². The first-order chi connectivity index (χ1) is 25.0. The van der Waals surface area contributed by atoms with Crippen LogP contribution < -0.4 is 10.6 Å². The van der Waals surface area contributed by atoms with Crippen molar-refractivity contribution in [2.45, 2.75) is 107 Å². The molecule has 2 heterocycles. The maximum Gasteiger partial charge on any atom is 0.317 e. The molecule has 2 aromatic rings. The van der Waals surface area contributed by atoms with E-state index in [0.29, 0.717) is 92.0 Å². The van der Waals surface area contributed by atoms with Crippen LogP contribution in [-0.4, -0.2) is 68.6 Å². The first-order valence-electron chi connectivity index (χ1n) is 16.9. The number of Topliss-reactive ketones (excluding diaryl/α,β-unsaturated/α-hetero) is 1. The van der Waals surface area contributed by atoms with Gasteiger partial charge in [-0.15, -0.1) is 0 Å². The fourth-order valence-electron chi connectivity index (χ4n) is 8.03. The fraction of sp³-hybridized carbons (Fsp3) is 0.528. The van der Waals surface area contributed by atoms with Crippen LogP contribution in [0.25, 0.3) is 5.57 Å². The molecule has 3 N–H and O–H groups in total. The largest absolute Gasteiger partial charge is 0.509 e. The number of methoxy groups -OCH3 is 2. The molecule has 1 atom stereocenters. The number of hydrogen-bond donors (Lipinski definition) is 3. The average molecular weight is 910 g/mol. The lowest BCUT2D eigenvalue weighted by atomic mass is 9.74. The van der Waals surface area contributed by atoms with Gasteiger partial charge in [-0.3, -0.25) is 14.4 Å². The van der Waals surface area contributed by atoms with E-state index in [-0.39, 0.29) is 29.7 Å². The van der Waals surface area contributed by atoms with Gasteiger partial charge in [0.15, 0.2) is 5.78 Å². The predicted molar refractivity (Wildman–Crippen MR) is 215 cm³/mol. The Labute approximate surface area is 349 Å². The van der Waals surface area contributed by atoms with E-state index in [1.165, 1.54) is 0 Å². The van der Waals surface area contributed by atoms with Crippen molar-refractivity contribution < 1.29 is 37.4 Å². The number of ether oxygens (including phenoxy) is 2. The molecule has 0 bridgehead atoms. The SMILES string of the molecule is COC1CCC2(CC1)NC(=O)C(Cl)(c1c(C)cc(Cl)c(Cl)c1C)C2=O.COC1CCC2(CC1)NC(=O)C(c1c(C)cc(Cl)c(Cl)c1C)=C2O.O=S(=O)(Cl)Cl. The Bertz CT molecular complexity index is 1980. The highest BCUT2D eigenvalue weighted by Crippen LogP contribution is 2.49. The summed E-state index contributed by atoms with van der Waals surface area (Å²) in [7, 11) is 8.17. The minimum atomic E-state index is -3.72. The van der Waals surface area contributed by atoms with Crippen LogP contribution in [0.2, 0.25) is 20.1 Å². The van der Waals surface area contributed by atoms with Crippen LogP contribution in [0.4, 0.5) is 0 Å². The lowest BCUT2D eigenvalue weighted by molar-refractivity contribution is -0.128. The molecule has 54 heavy (non-hydrogen) atoms. The molecule has 6 rings (SSSR count). The fourth-order valence-corrected chi connectivity index (χ4v) is 9.45. The van der Waals surface area contributed by atoms with E-state index in [4.69, 9.17) is 75.9 Å².